The summed E-state index contributed by atoms with van der Waals surface area (Å²) < 4.78 is 5.65. The summed E-state index contributed by atoms with van der Waals surface area (Å²) in [5.41, 5.74) is 7.34. The zero-order valence-electron chi connectivity index (χ0n) is 11.0. The Labute approximate surface area is 121 Å². The van der Waals surface area contributed by atoms with E-state index in [9.17, 15) is 10.1 Å². The molecule has 2 aromatic carbocycles. The van der Waals surface area contributed by atoms with Crippen molar-refractivity contribution in [3.8, 4) is 11.5 Å². The van der Waals surface area contributed by atoms with Crippen molar-refractivity contribution >= 4 is 23.0 Å². The van der Waals surface area contributed by atoms with Gasteiger partial charge >= 0.3 is 0 Å². The summed E-state index contributed by atoms with van der Waals surface area (Å²) in [6, 6.07) is 7.85. The van der Waals surface area contributed by atoms with Crippen LogP contribution in [0.4, 0.5) is 11.4 Å². The van der Waals surface area contributed by atoms with E-state index in [0.29, 0.717) is 16.5 Å². The lowest BCUT2D eigenvalue weighted by atomic mass is 10.1. The maximum Gasteiger partial charge on any atom is 0.292 e. The highest BCUT2D eigenvalue weighted by Crippen LogP contribution is 2.32. The van der Waals surface area contributed by atoms with Gasteiger partial charge in [0.15, 0.2) is 0 Å². The molecule has 2 N–H and O–H groups in total. The molecule has 0 aliphatic heterocycles. The number of rotatable bonds is 3. The SMILES string of the molecule is Cc1cc(Oc2ccc([N+](=O)[O-])c(N)c2)cc(C)c1Cl. The first-order chi connectivity index (χ1) is 9.38. The molecule has 2 rings (SSSR count). The number of benzene rings is 2. The lowest BCUT2D eigenvalue weighted by Crippen LogP contribution is -1.96. The largest absolute Gasteiger partial charge is 0.457 e. The van der Waals surface area contributed by atoms with Crippen LogP contribution in [0, 0.1) is 24.0 Å². The number of nitrogens with two attached hydrogens (primary N) is 1. The standard InChI is InChI=1S/C14H13ClN2O3/c1-8-5-11(6-9(2)14(8)15)20-10-3-4-13(17(18)19)12(16)7-10/h3-7H,16H2,1-2H3. The third-order valence-electron chi connectivity index (χ3n) is 2.84. The van der Waals surface area contributed by atoms with Crippen LogP contribution in [0.15, 0.2) is 30.3 Å². The number of hydrogen-bond donors (Lipinski definition) is 1. The molecule has 0 fully saturated rings. The van der Waals surface area contributed by atoms with Crippen LogP contribution in [0.5, 0.6) is 11.5 Å². The number of ether oxygens (including phenoxy) is 1. The van der Waals surface area contributed by atoms with E-state index < -0.39 is 4.92 Å². The van der Waals surface area contributed by atoms with Crippen molar-refractivity contribution in [2.45, 2.75) is 13.8 Å². The molecular formula is C14H13ClN2O3. The van der Waals surface area contributed by atoms with Crippen molar-refractivity contribution in [1.29, 1.82) is 0 Å². The zero-order valence-corrected chi connectivity index (χ0v) is 11.8. The Morgan fingerprint density at radius 3 is 2.25 bits per heavy atom. The first kappa shape index (κ1) is 14.1. The minimum Gasteiger partial charge on any atom is -0.457 e. The van der Waals surface area contributed by atoms with E-state index in [1.807, 2.05) is 13.8 Å². The number of halogens is 1. The molecule has 0 aromatic heterocycles. The highest BCUT2D eigenvalue weighted by atomic mass is 35.5. The molecule has 0 bridgehead atoms. The van der Waals surface area contributed by atoms with Crippen LogP contribution in [-0.4, -0.2) is 4.92 Å². The van der Waals surface area contributed by atoms with Gasteiger partial charge in [-0.25, -0.2) is 0 Å². The number of anilines is 1. The summed E-state index contributed by atoms with van der Waals surface area (Å²) in [6.07, 6.45) is 0. The zero-order chi connectivity index (χ0) is 14.9. The smallest absolute Gasteiger partial charge is 0.292 e. The van der Waals surface area contributed by atoms with E-state index >= 15 is 0 Å². The third-order valence-corrected chi connectivity index (χ3v) is 3.44. The Bertz CT molecular complexity index is 663. The average molecular weight is 293 g/mol. The minimum absolute atomic E-state index is 0.0647. The van der Waals surface area contributed by atoms with Crippen molar-refractivity contribution in [2.24, 2.45) is 0 Å². The normalized spacial score (nSPS) is 10.3. The molecule has 104 valence electrons. The molecule has 20 heavy (non-hydrogen) atoms. The Balaban J connectivity index is 2.31. The van der Waals surface area contributed by atoms with Crippen molar-refractivity contribution < 1.29 is 9.66 Å². The van der Waals surface area contributed by atoms with Gasteiger partial charge in [-0.05, 0) is 43.2 Å². The first-order valence-electron chi connectivity index (χ1n) is 5.87. The molecule has 0 aliphatic carbocycles. The molecule has 0 atom stereocenters. The van der Waals surface area contributed by atoms with Crippen LogP contribution in [0.25, 0.3) is 0 Å². The van der Waals surface area contributed by atoms with Crippen molar-refractivity contribution in [2.75, 3.05) is 5.73 Å². The number of nitrogen functional groups attached to an aromatic ring is 1. The predicted octanol–water partition coefficient (Wildman–Crippen LogP) is 4.24. The topological polar surface area (TPSA) is 78.4 Å². The van der Waals surface area contributed by atoms with E-state index in [0.717, 1.165) is 11.1 Å². The summed E-state index contributed by atoms with van der Waals surface area (Å²) in [7, 11) is 0. The summed E-state index contributed by atoms with van der Waals surface area (Å²) in [6.45, 7) is 3.76. The highest BCUT2D eigenvalue weighted by Gasteiger charge is 2.12. The number of nitro benzene ring substituents is 1. The van der Waals surface area contributed by atoms with E-state index in [4.69, 9.17) is 22.1 Å². The lowest BCUT2D eigenvalue weighted by Gasteiger charge is -2.10. The van der Waals surface area contributed by atoms with Crippen molar-refractivity contribution in [1.82, 2.24) is 0 Å². The van der Waals surface area contributed by atoms with Gasteiger partial charge < -0.3 is 10.5 Å². The van der Waals surface area contributed by atoms with Gasteiger partial charge in [0.05, 0.1) is 4.92 Å². The second kappa shape index (κ2) is 5.38. The van der Waals surface area contributed by atoms with Gasteiger partial charge in [0.25, 0.3) is 5.69 Å². The van der Waals surface area contributed by atoms with Gasteiger partial charge in [-0.15, -0.1) is 0 Å². The van der Waals surface area contributed by atoms with Crippen LogP contribution in [0.3, 0.4) is 0 Å². The van der Waals surface area contributed by atoms with Crippen molar-refractivity contribution in [3.05, 3.63) is 56.6 Å². The fourth-order valence-corrected chi connectivity index (χ4v) is 1.97. The van der Waals surface area contributed by atoms with Gasteiger partial charge in [0.2, 0.25) is 0 Å². The Morgan fingerprint density at radius 1 is 1.15 bits per heavy atom. The number of nitro groups is 1. The number of aryl methyl sites for hydroxylation is 2. The number of hydrogen-bond acceptors (Lipinski definition) is 4. The van der Waals surface area contributed by atoms with Crippen LogP contribution in [0.1, 0.15) is 11.1 Å². The van der Waals surface area contributed by atoms with Crippen LogP contribution in [-0.2, 0) is 0 Å². The molecule has 0 heterocycles. The van der Waals surface area contributed by atoms with E-state index in [1.165, 1.54) is 18.2 Å². The van der Waals surface area contributed by atoms with Gasteiger partial charge in [-0.1, -0.05) is 11.6 Å². The molecule has 6 heteroatoms. The first-order valence-corrected chi connectivity index (χ1v) is 6.25. The molecule has 0 unspecified atom stereocenters. The molecule has 0 aliphatic rings. The Morgan fingerprint density at radius 2 is 1.75 bits per heavy atom. The number of nitrogens with zero attached hydrogens (tertiary/aromatic N) is 1. The van der Waals surface area contributed by atoms with Crippen LogP contribution in [0.2, 0.25) is 5.02 Å². The molecule has 0 saturated carbocycles. The van der Waals surface area contributed by atoms with E-state index in [1.54, 1.807) is 12.1 Å². The Kier molecular flexibility index (Phi) is 3.81. The fourth-order valence-electron chi connectivity index (χ4n) is 1.86. The lowest BCUT2D eigenvalue weighted by molar-refractivity contribution is -0.383. The molecule has 0 amide bonds. The highest BCUT2D eigenvalue weighted by molar-refractivity contribution is 6.32. The monoisotopic (exact) mass is 292 g/mol. The summed E-state index contributed by atoms with van der Waals surface area (Å²) in [5.74, 6) is 1.05. The van der Waals surface area contributed by atoms with Gasteiger partial charge in [-0.3, -0.25) is 10.1 Å². The molecule has 5 nitrogen and oxygen atoms in total. The quantitative estimate of drug-likeness (QED) is 0.521. The van der Waals surface area contributed by atoms with Gasteiger partial charge in [-0.2, -0.15) is 0 Å². The van der Waals surface area contributed by atoms with E-state index in [2.05, 4.69) is 0 Å². The maximum atomic E-state index is 10.7. The second-order valence-corrected chi connectivity index (χ2v) is 4.83. The third kappa shape index (κ3) is 2.83. The summed E-state index contributed by atoms with van der Waals surface area (Å²) in [4.78, 5) is 10.2. The average Bonchev–Trinajstić information content (AvgIpc) is 2.35. The molecule has 0 spiro atoms. The molecular weight excluding hydrogens is 280 g/mol. The van der Waals surface area contributed by atoms with Gasteiger partial charge in [0.1, 0.15) is 17.2 Å². The minimum atomic E-state index is -0.532. The summed E-state index contributed by atoms with van der Waals surface area (Å²) in [5, 5.41) is 11.4. The summed E-state index contributed by atoms with van der Waals surface area (Å²) >= 11 is 6.08. The van der Waals surface area contributed by atoms with Crippen LogP contribution >= 0.6 is 11.6 Å². The second-order valence-electron chi connectivity index (χ2n) is 4.45. The van der Waals surface area contributed by atoms with Crippen LogP contribution < -0.4 is 10.5 Å². The van der Waals surface area contributed by atoms with E-state index in [-0.39, 0.29) is 11.4 Å². The molecule has 2 aromatic rings. The fraction of sp³-hybridized carbons (Fsp3) is 0.143. The Hall–Kier alpha value is -2.27. The maximum absolute atomic E-state index is 10.7. The van der Waals surface area contributed by atoms with Crippen molar-refractivity contribution in [3.63, 3.8) is 0 Å². The van der Waals surface area contributed by atoms with Gasteiger partial charge in [0, 0.05) is 17.2 Å². The molecule has 0 saturated heterocycles. The predicted molar refractivity (Wildman–Crippen MR) is 78.5 cm³/mol. The molecule has 0 radical (unpaired) electrons.